The largest absolute Gasteiger partial charge is 0.409 e. The fourth-order valence-electron chi connectivity index (χ4n) is 1.25. The molecule has 0 aliphatic heterocycles. The van der Waals surface area contributed by atoms with E-state index in [-0.39, 0.29) is 11.9 Å². The molecule has 16 heavy (non-hydrogen) atoms. The van der Waals surface area contributed by atoms with Crippen LogP contribution in [0.3, 0.4) is 0 Å². The minimum absolute atomic E-state index is 0.110. The summed E-state index contributed by atoms with van der Waals surface area (Å²) in [6, 6.07) is 4.79. The van der Waals surface area contributed by atoms with Gasteiger partial charge in [-0.15, -0.1) is 0 Å². The van der Waals surface area contributed by atoms with Gasteiger partial charge in [0.25, 0.3) is 0 Å². The zero-order valence-electron chi connectivity index (χ0n) is 8.74. The number of amidine groups is 1. The summed E-state index contributed by atoms with van der Waals surface area (Å²) in [7, 11) is 0. The van der Waals surface area contributed by atoms with E-state index >= 15 is 0 Å². The molecule has 88 valence electrons. The Balaban J connectivity index is 2.89. The second-order valence-electron chi connectivity index (χ2n) is 3.25. The van der Waals surface area contributed by atoms with Crippen molar-refractivity contribution in [2.45, 2.75) is 19.4 Å². The maximum atomic E-state index is 8.60. The molecule has 0 fully saturated rings. The van der Waals surface area contributed by atoms with Crippen LogP contribution in [0.25, 0.3) is 0 Å². The fraction of sp³-hybridized carbons (Fsp3) is 0.300. The number of nitrogens with two attached hydrogens (primary N) is 1. The summed E-state index contributed by atoms with van der Waals surface area (Å²) < 4.78 is 0. The van der Waals surface area contributed by atoms with Gasteiger partial charge in [0.1, 0.15) is 0 Å². The third-order valence-corrected chi connectivity index (χ3v) is 2.70. The Labute approximate surface area is 104 Å². The number of hydrogen-bond acceptors (Lipinski definition) is 3. The van der Waals surface area contributed by atoms with E-state index in [0.29, 0.717) is 22.2 Å². The normalized spacial score (nSPS) is 13.6. The first kappa shape index (κ1) is 12.9. The van der Waals surface area contributed by atoms with Crippen molar-refractivity contribution in [2.24, 2.45) is 10.9 Å². The van der Waals surface area contributed by atoms with Crippen molar-refractivity contribution in [1.82, 2.24) is 0 Å². The first-order chi connectivity index (χ1) is 7.58. The van der Waals surface area contributed by atoms with Crippen LogP contribution >= 0.6 is 23.2 Å². The number of nitrogens with one attached hydrogen (secondary N) is 1. The van der Waals surface area contributed by atoms with E-state index in [1.165, 1.54) is 0 Å². The Morgan fingerprint density at radius 2 is 2.25 bits per heavy atom. The van der Waals surface area contributed by atoms with Gasteiger partial charge in [0, 0.05) is 5.02 Å². The number of oxime groups is 1. The van der Waals surface area contributed by atoms with Gasteiger partial charge in [-0.2, -0.15) is 0 Å². The molecule has 4 nitrogen and oxygen atoms in total. The highest BCUT2D eigenvalue weighted by Gasteiger charge is 2.13. The molecule has 1 aromatic carbocycles. The topological polar surface area (TPSA) is 70.6 Å². The predicted molar refractivity (Wildman–Crippen MR) is 67.6 cm³/mol. The smallest absolute Gasteiger partial charge is 0.161 e. The van der Waals surface area contributed by atoms with E-state index in [0.717, 1.165) is 0 Å². The van der Waals surface area contributed by atoms with Crippen molar-refractivity contribution in [3.8, 4) is 0 Å². The van der Waals surface area contributed by atoms with E-state index < -0.39 is 0 Å². The van der Waals surface area contributed by atoms with Gasteiger partial charge in [0.2, 0.25) is 0 Å². The van der Waals surface area contributed by atoms with Crippen LogP contribution in [0.2, 0.25) is 10.0 Å². The second-order valence-corrected chi connectivity index (χ2v) is 4.10. The zero-order valence-corrected chi connectivity index (χ0v) is 10.3. The lowest BCUT2D eigenvalue weighted by Gasteiger charge is -2.17. The Morgan fingerprint density at radius 3 is 2.81 bits per heavy atom. The third-order valence-electron chi connectivity index (χ3n) is 2.14. The van der Waals surface area contributed by atoms with Gasteiger partial charge >= 0.3 is 0 Å². The van der Waals surface area contributed by atoms with Gasteiger partial charge in [0.15, 0.2) is 5.84 Å². The molecule has 0 aliphatic carbocycles. The first-order valence-electron chi connectivity index (χ1n) is 4.77. The number of hydrogen-bond donors (Lipinski definition) is 3. The molecule has 0 radical (unpaired) electrons. The highest BCUT2D eigenvalue weighted by molar-refractivity contribution is 6.35. The lowest BCUT2D eigenvalue weighted by atomic mass is 10.2. The van der Waals surface area contributed by atoms with Crippen LogP contribution in [0, 0.1) is 0 Å². The lowest BCUT2D eigenvalue weighted by molar-refractivity contribution is 0.316. The highest BCUT2D eigenvalue weighted by Crippen LogP contribution is 2.26. The fourth-order valence-corrected chi connectivity index (χ4v) is 1.59. The van der Waals surface area contributed by atoms with Gasteiger partial charge in [-0.05, 0) is 24.6 Å². The second kappa shape index (κ2) is 5.82. The van der Waals surface area contributed by atoms with Crippen LogP contribution < -0.4 is 11.1 Å². The van der Waals surface area contributed by atoms with Gasteiger partial charge in [0.05, 0.1) is 16.8 Å². The Bertz CT molecular complexity index is 396. The molecule has 0 heterocycles. The zero-order chi connectivity index (χ0) is 12.1. The summed E-state index contributed by atoms with van der Waals surface area (Å²) >= 11 is 11.8. The molecular weight excluding hydrogens is 249 g/mol. The monoisotopic (exact) mass is 261 g/mol. The SMILES string of the molecule is CCC(Nc1cc(Cl)ccc1Cl)C(N)=NO. The van der Waals surface area contributed by atoms with E-state index in [2.05, 4.69) is 10.5 Å². The number of halogens is 2. The van der Waals surface area contributed by atoms with Crippen LogP contribution in [-0.2, 0) is 0 Å². The molecule has 0 bridgehead atoms. The van der Waals surface area contributed by atoms with Crippen LogP contribution in [-0.4, -0.2) is 17.1 Å². The molecule has 1 atom stereocenters. The Morgan fingerprint density at radius 1 is 1.56 bits per heavy atom. The maximum absolute atomic E-state index is 8.60. The van der Waals surface area contributed by atoms with Crippen LogP contribution in [0.4, 0.5) is 5.69 Å². The molecular formula is C10H13Cl2N3O. The van der Waals surface area contributed by atoms with Crippen molar-refractivity contribution in [3.63, 3.8) is 0 Å². The molecule has 1 unspecified atom stereocenters. The molecule has 1 rings (SSSR count). The number of benzene rings is 1. The summed E-state index contributed by atoms with van der Waals surface area (Å²) in [6.07, 6.45) is 0.665. The number of nitrogens with zero attached hydrogens (tertiary/aromatic N) is 1. The summed E-state index contributed by atoms with van der Waals surface area (Å²) in [5, 5.41) is 15.7. The first-order valence-corrected chi connectivity index (χ1v) is 5.53. The molecule has 6 heteroatoms. The van der Waals surface area contributed by atoms with Gasteiger partial charge in [-0.3, -0.25) is 0 Å². The molecule has 0 aromatic heterocycles. The molecule has 1 aromatic rings. The van der Waals surface area contributed by atoms with E-state index in [4.69, 9.17) is 34.1 Å². The Kier molecular flexibility index (Phi) is 4.71. The summed E-state index contributed by atoms with van der Waals surface area (Å²) in [5.41, 5.74) is 6.18. The minimum Gasteiger partial charge on any atom is -0.409 e. The number of anilines is 1. The summed E-state index contributed by atoms with van der Waals surface area (Å²) in [6.45, 7) is 1.91. The minimum atomic E-state index is -0.277. The molecule has 0 amide bonds. The van der Waals surface area contributed by atoms with E-state index in [1.807, 2.05) is 6.92 Å². The third kappa shape index (κ3) is 3.18. The van der Waals surface area contributed by atoms with Crippen LogP contribution in [0.15, 0.2) is 23.4 Å². The van der Waals surface area contributed by atoms with Crippen molar-refractivity contribution in [2.75, 3.05) is 5.32 Å². The summed E-state index contributed by atoms with van der Waals surface area (Å²) in [4.78, 5) is 0. The van der Waals surface area contributed by atoms with Crippen molar-refractivity contribution >= 4 is 34.7 Å². The van der Waals surface area contributed by atoms with Gasteiger partial charge in [-0.25, -0.2) is 0 Å². The standard InChI is InChI=1S/C10H13Cl2N3O/c1-2-8(10(13)15-16)14-9-5-6(11)3-4-7(9)12/h3-5,8,14,16H,2H2,1H3,(H2,13,15). The predicted octanol–water partition coefficient (Wildman–Crippen LogP) is 2.93. The lowest BCUT2D eigenvalue weighted by Crippen LogP contribution is -2.35. The quantitative estimate of drug-likeness (QED) is 0.338. The van der Waals surface area contributed by atoms with Crippen molar-refractivity contribution in [3.05, 3.63) is 28.2 Å². The van der Waals surface area contributed by atoms with E-state index in [1.54, 1.807) is 18.2 Å². The van der Waals surface area contributed by atoms with Gasteiger partial charge < -0.3 is 16.3 Å². The summed E-state index contributed by atoms with van der Waals surface area (Å²) in [5.74, 6) is 0.110. The molecule has 4 N–H and O–H groups in total. The average molecular weight is 262 g/mol. The van der Waals surface area contributed by atoms with E-state index in [9.17, 15) is 0 Å². The average Bonchev–Trinajstić information content (AvgIpc) is 2.29. The molecule has 0 spiro atoms. The molecule has 0 saturated heterocycles. The van der Waals surface area contributed by atoms with Crippen molar-refractivity contribution in [1.29, 1.82) is 0 Å². The molecule has 0 saturated carbocycles. The van der Waals surface area contributed by atoms with Crippen LogP contribution in [0.5, 0.6) is 0 Å². The van der Waals surface area contributed by atoms with Crippen molar-refractivity contribution < 1.29 is 5.21 Å². The Hall–Kier alpha value is -1.13. The van der Waals surface area contributed by atoms with Crippen LogP contribution in [0.1, 0.15) is 13.3 Å². The molecule has 0 aliphatic rings. The van der Waals surface area contributed by atoms with Gasteiger partial charge in [-0.1, -0.05) is 35.3 Å². The maximum Gasteiger partial charge on any atom is 0.161 e. The highest BCUT2D eigenvalue weighted by atomic mass is 35.5. The number of rotatable bonds is 4.